The highest BCUT2D eigenvalue weighted by Crippen LogP contribution is 2.26. The third-order valence-electron chi connectivity index (χ3n) is 4.34. The molecule has 1 aliphatic heterocycles. The molecule has 0 saturated carbocycles. The van der Waals surface area contributed by atoms with E-state index >= 15 is 0 Å². The molecule has 1 aliphatic rings. The molecular formula is C17H17BrN4O2S. The first-order chi connectivity index (χ1) is 12.1. The summed E-state index contributed by atoms with van der Waals surface area (Å²) in [5.41, 5.74) is 1.61. The van der Waals surface area contributed by atoms with E-state index in [1.807, 2.05) is 18.2 Å². The lowest BCUT2D eigenvalue weighted by Crippen LogP contribution is -2.43. The van der Waals surface area contributed by atoms with Crippen molar-refractivity contribution < 1.29 is 8.42 Å². The third kappa shape index (κ3) is 3.05. The molecule has 130 valence electrons. The second-order valence-electron chi connectivity index (χ2n) is 5.93. The van der Waals surface area contributed by atoms with Gasteiger partial charge in [0.15, 0.2) is 0 Å². The van der Waals surface area contributed by atoms with E-state index in [0.29, 0.717) is 5.52 Å². The van der Waals surface area contributed by atoms with Crippen LogP contribution in [-0.2, 0) is 10.0 Å². The molecule has 4 rings (SSSR count). The van der Waals surface area contributed by atoms with Gasteiger partial charge in [0, 0.05) is 41.7 Å². The Morgan fingerprint density at radius 2 is 1.76 bits per heavy atom. The van der Waals surface area contributed by atoms with Gasteiger partial charge in [0.2, 0.25) is 0 Å². The molecule has 6 nitrogen and oxygen atoms in total. The fraction of sp³-hybridized carbons (Fsp3) is 0.235. The van der Waals surface area contributed by atoms with E-state index in [-0.39, 0.29) is 4.90 Å². The van der Waals surface area contributed by atoms with Crippen LogP contribution < -0.4 is 10.2 Å². The van der Waals surface area contributed by atoms with Crippen LogP contribution >= 0.6 is 15.9 Å². The Hall–Kier alpha value is -1.90. The fourth-order valence-corrected chi connectivity index (χ4v) is 4.53. The lowest BCUT2D eigenvalue weighted by atomic mass is 10.2. The quantitative estimate of drug-likeness (QED) is 0.704. The predicted octanol–water partition coefficient (Wildman–Crippen LogP) is 2.45. The average molecular weight is 421 g/mol. The van der Waals surface area contributed by atoms with Gasteiger partial charge in [-0.1, -0.05) is 15.9 Å². The number of piperazine rings is 1. The van der Waals surface area contributed by atoms with Gasteiger partial charge in [-0.3, -0.25) is 0 Å². The van der Waals surface area contributed by atoms with Crippen LogP contribution in [0.15, 0.2) is 58.0 Å². The van der Waals surface area contributed by atoms with Gasteiger partial charge in [-0.15, -0.1) is 0 Å². The normalized spacial score (nSPS) is 15.6. The molecule has 0 unspecified atom stereocenters. The number of fused-ring (bicyclic) bond motifs is 1. The SMILES string of the molecule is O=S(=O)(c1ccc(Br)cc1)n1ncc2ccc(N3CCNCC3)cc21. The molecule has 1 aromatic heterocycles. The molecule has 0 radical (unpaired) electrons. The van der Waals surface area contributed by atoms with Crippen molar-refractivity contribution in [1.82, 2.24) is 14.5 Å². The monoisotopic (exact) mass is 420 g/mol. The van der Waals surface area contributed by atoms with Gasteiger partial charge < -0.3 is 10.2 Å². The Balaban J connectivity index is 1.80. The van der Waals surface area contributed by atoms with Gasteiger partial charge in [0.25, 0.3) is 10.0 Å². The number of anilines is 1. The van der Waals surface area contributed by atoms with Crippen LogP contribution in [0.4, 0.5) is 5.69 Å². The lowest BCUT2D eigenvalue weighted by Gasteiger charge is -2.29. The Morgan fingerprint density at radius 3 is 2.48 bits per heavy atom. The molecule has 0 spiro atoms. The number of hydrogen-bond acceptors (Lipinski definition) is 5. The zero-order valence-corrected chi connectivity index (χ0v) is 15.8. The Bertz CT molecular complexity index is 1010. The first kappa shape index (κ1) is 16.6. The molecule has 0 atom stereocenters. The molecule has 3 aromatic rings. The first-order valence-electron chi connectivity index (χ1n) is 8.00. The van der Waals surface area contributed by atoms with Crippen molar-refractivity contribution in [2.45, 2.75) is 4.90 Å². The average Bonchev–Trinajstić information content (AvgIpc) is 3.07. The highest BCUT2D eigenvalue weighted by atomic mass is 79.9. The van der Waals surface area contributed by atoms with Crippen molar-refractivity contribution in [3.8, 4) is 0 Å². The van der Waals surface area contributed by atoms with Crippen LogP contribution in [0.1, 0.15) is 0 Å². The highest BCUT2D eigenvalue weighted by Gasteiger charge is 2.21. The maximum absolute atomic E-state index is 13.0. The van der Waals surface area contributed by atoms with Crippen LogP contribution in [-0.4, -0.2) is 43.8 Å². The lowest BCUT2D eigenvalue weighted by molar-refractivity contribution is 0.582. The Kier molecular flexibility index (Phi) is 4.26. The van der Waals surface area contributed by atoms with Crippen LogP contribution in [0.25, 0.3) is 10.9 Å². The third-order valence-corrected chi connectivity index (χ3v) is 6.49. The minimum atomic E-state index is -3.73. The van der Waals surface area contributed by atoms with Crippen LogP contribution in [0.2, 0.25) is 0 Å². The zero-order chi connectivity index (χ0) is 17.4. The van der Waals surface area contributed by atoms with Crippen molar-refractivity contribution in [3.05, 3.63) is 53.1 Å². The summed E-state index contributed by atoms with van der Waals surface area (Å²) in [5, 5.41) is 8.26. The molecule has 8 heteroatoms. The molecule has 2 aromatic carbocycles. The maximum atomic E-state index is 13.0. The van der Waals surface area contributed by atoms with Gasteiger partial charge in [-0.25, -0.2) is 0 Å². The maximum Gasteiger partial charge on any atom is 0.283 e. The number of hydrogen-bond donors (Lipinski definition) is 1. The smallest absolute Gasteiger partial charge is 0.283 e. The minimum Gasteiger partial charge on any atom is -0.369 e. The Labute approximate surface area is 154 Å². The molecular weight excluding hydrogens is 404 g/mol. The standard InChI is InChI=1S/C17H17BrN4O2S/c18-14-2-5-16(6-3-14)25(23,24)22-17-11-15(4-1-13(17)12-20-22)21-9-7-19-8-10-21/h1-6,11-12,19H,7-10H2. The van der Waals surface area contributed by atoms with Crippen molar-refractivity contribution in [2.75, 3.05) is 31.1 Å². The van der Waals surface area contributed by atoms with E-state index in [9.17, 15) is 8.42 Å². The van der Waals surface area contributed by atoms with Gasteiger partial charge in [-0.05, 0) is 42.5 Å². The summed E-state index contributed by atoms with van der Waals surface area (Å²) in [5.74, 6) is 0. The largest absolute Gasteiger partial charge is 0.369 e. The number of rotatable bonds is 3. The van der Waals surface area contributed by atoms with Crippen molar-refractivity contribution in [2.24, 2.45) is 0 Å². The number of nitrogens with one attached hydrogen (secondary N) is 1. The topological polar surface area (TPSA) is 67.2 Å². The summed E-state index contributed by atoms with van der Waals surface area (Å²) in [7, 11) is -3.73. The number of nitrogens with zero attached hydrogens (tertiary/aromatic N) is 3. The molecule has 0 bridgehead atoms. The molecule has 0 amide bonds. The molecule has 1 saturated heterocycles. The molecule has 2 heterocycles. The summed E-state index contributed by atoms with van der Waals surface area (Å²) in [4.78, 5) is 2.47. The van der Waals surface area contributed by atoms with Gasteiger partial charge >= 0.3 is 0 Å². The molecule has 25 heavy (non-hydrogen) atoms. The summed E-state index contributed by atoms with van der Waals surface area (Å²) in [6.45, 7) is 3.65. The van der Waals surface area contributed by atoms with Crippen molar-refractivity contribution in [1.29, 1.82) is 0 Å². The summed E-state index contributed by atoms with van der Waals surface area (Å²) in [6.07, 6.45) is 1.59. The van der Waals surface area contributed by atoms with Gasteiger partial charge in [-0.2, -0.15) is 17.6 Å². The van der Waals surface area contributed by atoms with E-state index in [0.717, 1.165) is 45.8 Å². The number of benzene rings is 2. The van der Waals surface area contributed by atoms with E-state index < -0.39 is 10.0 Å². The number of aromatic nitrogens is 2. The van der Waals surface area contributed by atoms with E-state index in [2.05, 4.69) is 31.2 Å². The van der Waals surface area contributed by atoms with Crippen molar-refractivity contribution in [3.63, 3.8) is 0 Å². The predicted molar refractivity (Wildman–Crippen MR) is 102 cm³/mol. The zero-order valence-electron chi connectivity index (χ0n) is 13.4. The minimum absolute atomic E-state index is 0.216. The first-order valence-corrected chi connectivity index (χ1v) is 10.2. The van der Waals surface area contributed by atoms with Crippen LogP contribution in [0.3, 0.4) is 0 Å². The van der Waals surface area contributed by atoms with Crippen molar-refractivity contribution >= 4 is 42.5 Å². The molecule has 1 N–H and O–H groups in total. The highest BCUT2D eigenvalue weighted by molar-refractivity contribution is 9.10. The molecule has 1 fully saturated rings. The van der Waals surface area contributed by atoms with Gasteiger partial charge in [0.1, 0.15) is 0 Å². The van der Waals surface area contributed by atoms with E-state index in [4.69, 9.17) is 0 Å². The Morgan fingerprint density at radius 1 is 1.04 bits per heavy atom. The van der Waals surface area contributed by atoms with Crippen LogP contribution in [0, 0.1) is 0 Å². The van der Waals surface area contributed by atoms with Gasteiger partial charge in [0.05, 0.1) is 16.6 Å². The summed E-state index contributed by atoms with van der Waals surface area (Å²) >= 11 is 3.33. The van der Waals surface area contributed by atoms with Crippen LogP contribution in [0.5, 0.6) is 0 Å². The van der Waals surface area contributed by atoms with E-state index in [1.54, 1.807) is 30.5 Å². The molecule has 0 aliphatic carbocycles. The number of halogens is 1. The van der Waals surface area contributed by atoms with E-state index in [1.165, 1.54) is 0 Å². The summed E-state index contributed by atoms with van der Waals surface area (Å²) < 4.78 is 27.9. The second kappa shape index (κ2) is 6.44. The summed E-state index contributed by atoms with van der Waals surface area (Å²) in [6, 6.07) is 12.4. The second-order valence-corrected chi connectivity index (χ2v) is 8.61. The fourth-order valence-electron chi connectivity index (χ4n) is 3.00.